The van der Waals surface area contributed by atoms with Crippen molar-refractivity contribution in [1.82, 2.24) is 5.32 Å². The SMILES string of the molecule is CCc1ccc(CNCc2ccccc2OC)s1. The monoisotopic (exact) mass is 261 g/mol. The molecule has 0 saturated carbocycles. The predicted octanol–water partition coefficient (Wildman–Crippen LogP) is 3.61. The standard InChI is InChI=1S/C15H19NOS/c1-3-13-8-9-14(18-13)11-16-10-12-6-4-5-7-15(12)17-2/h4-9,16H,3,10-11H2,1-2H3. The van der Waals surface area contributed by atoms with E-state index in [1.807, 2.05) is 29.5 Å². The van der Waals surface area contributed by atoms with Gasteiger partial charge in [-0.15, -0.1) is 11.3 Å². The van der Waals surface area contributed by atoms with Crippen molar-refractivity contribution >= 4 is 11.3 Å². The minimum absolute atomic E-state index is 0.837. The molecule has 0 spiro atoms. The Morgan fingerprint density at radius 2 is 1.83 bits per heavy atom. The van der Waals surface area contributed by atoms with E-state index >= 15 is 0 Å². The molecular formula is C15H19NOS. The average Bonchev–Trinajstić information content (AvgIpc) is 2.87. The molecule has 0 fully saturated rings. The number of hydrogen-bond donors (Lipinski definition) is 1. The van der Waals surface area contributed by atoms with Gasteiger partial charge in [-0.25, -0.2) is 0 Å². The number of aryl methyl sites for hydroxylation is 1. The summed E-state index contributed by atoms with van der Waals surface area (Å²) in [6.07, 6.45) is 1.12. The highest BCUT2D eigenvalue weighted by Gasteiger charge is 2.02. The summed E-state index contributed by atoms with van der Waals surface area (Å²) in [5.41, 5.74) is 1.20. The lowest BCUT2D eigenvalue weighted by atomic mass is 10.2. The maximum Gasteiger partial charge on any atom is 0.123 e. The summed E-state index contributed by atoms with van der Waals surface area (Å²) in [5.74, 6) is 0.949. The van der Waals surface area contributed by atoms with E-state index in [2.05, 4.69) is 30.4 Å². The van der Waals surface area contributed by atoms with Crippen LogP contribution in [0.3, 0.4) is 0 Å². The van der Waals surface area contributed by atoms with E-state index in [1.165, 1.54) is 15.3 Å². The number of nitrogens with one attached hydrogen (secondary N) is 1. The van der Waals surface area contributed by atoms with Crippen LogP contribution in [-0.4, -0.2) is 7.11 Å². The van der Waals surface area contributed by atoms with Gasteiger partial charge in [0.25, 0.3) is 0 Å². The Labute approximate surface area is 113 Å². The molecule has 0 saturated heterocycles. The molecular weight excluding hydrogens is 242 g/mol. The normalized spacial score (nSPS) is 10.6. The maximum absolute atomic E-state index is 5.33. The van der Waals surface area contributed by atoms with Gasteiger partial charge in [0.1, 0.15) is 5.75 Å². The molecule has 96 valence electrons. The first-order valence-electron chi connectivity index (χ1n) is 6.23. The fourth-order valence-corrected chi connectivity index (χ4v) is 2.80. The van der Waals surface area contributed by atoms with Gasteiger partial charge in [-0.2, -0.15) is 0 Å². The first-order chi connectivity index (χ1) is 8.83. The largest absolute Gasteiger partial charge is 0.496 e. The maximum atomic E-state index is 5.33. The van der Waals surface area contributed by atoms with Crippen LogP contribution in [0.15, 0.2) is 36.4 Å². The minimum atomic E-state index is 0.837. The first kappa shape index (κ1) is 13.1. The molecule has 1 aromatic heterocycles. The van der Waals surface area contributed by atoms with Gasteiger partial charge in [0.2, 0.25) is 0 Å². The molecule has 0 amide bonds. The Balaban J connectivity index is 1.88. The molecule has 1 N–H and O–H groups in total. The van der Waals surface area contributed by atoms with Crippen LogP contribution in [0.4, 0.5) is 0 Å². The van der Waals surface area contributed by atoms with Gasteiger partial charge < -0.3 is 10.1 Å². The zero-order chi connectivity index (χ0) is 12.8. The Morgan fingerprint density at radius 1 is 1.06 bits per heavy atom. The summed E-state index contributed by atoms with van der Waals surface area (Å²) in [7, 11) is 1.71. The quantitative estimate of drug-likeness (QED) is 0.857. The zero-order valence-corrected chi connectivity index (χ0v) is 11.7. The van der Waals surface area contributed by atoms with Crippen LogP contribution < -0.4 is 10.1 Å². The van der Waals surface area contributed by atoms with Crippen LogP contribution in [0.25, 0.3) is 0 Å². The van der Waals surface area contributed by atoms with Crippen molar-refractivity contribution in [3.63, 3.8) is 0 Å². The minimum Gasteiger partial charge on any atom is -0.496 e. The van der Waals surface area contributed by atoms with Gasteiger partial charge >= 0.3 is 0 Å². The van der Waals surface area contributed by atoms with E-state index in [-0.39, 0.29) is 0 Å². The fourth-order valence-electron chi connectivity index (χ4n) is 1.88. The third-order valence-corrected chi connectivity index (χ3v) is 4.10. The summed E-state index contributed by atoms with van der Waals surface area (Å²) >= 11 is 1.88. The van der Waals surface area contributed by atoms with E-state index in [0.29, 0.717) is 0 Å². The van der Waals surface area contributed by atoms with Gasteiger partial charge in [0, 0.05) is 28.4 Å². The van der Waals surface area contributed by atoms with Crippen molar-refractivity contribution < 1.29 is 4.74 Å². The molecule has 3 heteroatoms. The zero-order valence-electron chi connectivity index (χ0n) is 10.9. The molecule has 0 radical (unpaired) electrons. The summed E-state index contributed by atoms with van der Waals surface area (Å²) in [6, 6.07) is 12.5. The van der Waals surface area contributed by atoms with Crippen LogP contribution >= 0.6 is 11.3 Å². The summed E-state index contributed by atoms with van der Waals surface area (Å²) < 4.78 is 5.33. The second kappa shape index (κ2) is 6.57. The van der Waals surface area contributed by atoms with Gasteiger partial charge in [0.15, 0.2) is 0 Å². The lowest BCUT2D eigenvalue weighted by Gasteiger charge is -2.08. The average molecular weight is 261 g/mol. The number of rotatable bonds is 6. The highest BCUT2D eigenvalue weighted by molar-refractivity contribution is 7.11. The van der Waals surface area contributed by atoms with E-state index in [4.69, 9.17) is 4.74 Å². The highest BCUT2D eigenvalue weighted by atomic mass is 32.1. The second-order valence-corrected chi connectivity index (χ2v) is 5.39. The number of ether oxygens (including phenoxy) is 1. The van der Waals surface area contributed by atoms with Crippen molar-refractivity contribution in [3.8, 4) is 5.75 Å². The molecule has 0 bridgehead atoms. The van der Waals surface area contributed by atoms with E-state index in [0.717, 1.165) is 25.3 Å². The number of hydrogen-bond acceptors (Lipinski definition) is 3. The molecule has 0 aliphatic carbocycles. The molecule has 2 rings (SSSR count). The van der Waals surface area contributed by atoms with Crippen molar-refractivity contribution in [1.29, 1.82) is 0 Å². The molecule has 0 aliphatic rings. The molecule has 1 heterocycles. The summed E-state index contributed by atoms with van der Waals surface area (Å²) in [5, 5.41) is 3.46. The van der Waals surface area contributed by atoms with Gasteiger partial charge in [-0.3, -0.25) is 0 Å². The predicted molar refractivity (Wildman–Crippen MR) is 77.2 cm³/mol. The van der Waals surface area contributed by atoms with Crippen LogP contribution in [0.1, 0.15) is 22.2 Å². The Kier molecular flexibility index (Phi) is 4.79. The Bertz CT molecular complexity index is 493. The number of benzene rings is 1. The molecule has 0 aliphatic heterocycles. The Morgan fingerprint density at radius 3 is 2.56 bits per heavy atom. The van der Waals surface area contributed by atoms with Gasteiger partial charge in [-0.05, 0) is 24.6 Å². The molecule has 0 atom stereocenters. The molecule has 18 heavy (non-hydrogen) atoms. The molecule has 2 nitrogen and oxygen atoms in total. The Hall–Kier alpha value is -1.32. The summed E-state index contributed by atoms with van der Waals surface area (Å²) in [6.45, 7) is 3.95. The van der Waals surface area contributed by atoms with E-state index in [9.17, 15) is 0 Å². The lowest BCUT2D eigenvalue weighted by Crippen LogP contribution is -2.12. The number of thiophene rings is 1. The third-order valence-electron chi connectivity index (χ3n) is 2.87. The van der Waals surface area contributed by atoms with Crippen molar-refractivity contribution in [2.75, 3.05) is 7.11 Å². The van der Waals surface area contributed by atoms with Gasteiger partial charge in [-0.1, -0.05) is 25.1 Å². The van der Waals surface area contributed by atoms with Crippen LogP contribution in [0.5, 0.6) is 5.75 Å². The molecule has 1 aromatic carbocycles. The van der Waals surface area contributed by atoms with Crippen molar-refractivity contribution in [2.24, 2.45) is 0 Å². The smallest absolute Gasteiger partial charge is 0.123 e. The number of methoxy groups -OCH3 is 1. The van der Waals surface area contributed by atoms with E-state index < -0.39 is 0 Å². The molecule has 0 unspecified atom stereocenters. The summed E-state index contributed by atoms with van der Waals surface area (Å²) in [4.78, 5) is 2.84. The highest BCUT2D eigenvalue weighted by Crippen LogP contribution is 2.19. The van der Waals surface area contributed by atoms with Crippen LogP contribution in [0, 0.1) is 0 Å². The third kappa shape index (κ3) is 3.34. The number of para-hydroxylation sites is 1. The van der Waals surface area contributed by atoms with E-state index in [1.54, 1.807) is 7.11 Å². The van der Waals surface area contributed by atoms with Crippen LogP contribution in [0.2, 0.25) is 0 Å². The topological polar surface area (TPSA) is 21.3 Å². The molecule has 2 aromatic rings. The first-order valence-corrected chi connectivity index (χ1v) is 7.05. The van der Waals surface area contributed by atoms with Crippen molar-refractivity contribution in [3.05, 3.63) is 51.7 Å². The van der Waals surface area contributed by atoms with Gasteiger partial charge in [0.05, 0.1) is 7.11 Å². The fraction of sp³-hybridized carbons (Fsp3) is 0.333. The van der Waals surface area contributed by atoms with Crippen molar-refractivity contribution in [2.45, 2.75) is 26.4 Å². The van der Waals surface area contributed by atoms with Crippen LogP contribution in [-0.2, 0) is 19.5 Å². The second-order valence-electron chi connectivity index (χ2n) is 4.14. The lowest BCUT2D eigenvalue weighted by molar-refractivity contribution is 0.407.